The Labute approximate surface area is 133 Å². The summed E-state index contributed by atoms with van der Waals surface area (Å²) in [6.07, 6.45) is 0. The van der Waals surface area contributed by atoms with Crippen LogP contribution in [0.1, 0.15) is 22.0 Å². The highest BCUT2D eigenvalue weighted by molar-refractivity contribution is 9.13. The van der Waals surface area contributed by atoms with Gasteiger partial charge in [0.1, 0.15) is 0 Å². The Balaban J connectivity index is 2.41. The molecule has 0 aliphatic carbocycles. The molecular formula is C13H12Br2ClNS. The summed E-state index contributed by atoms with van der Waals surface area (Å²) < 4.78 is 2.19. The zero-order valence-electron chi connectivity index (χ0n) is 9.93. The van der Waals surface area contributed by atoms with Crippen LogP contribution < -0.4 is 5.32 Å². The highest BCUT2D eigenvalue weighted by Gasteiger charge is 2.16. The molecule has 0 aliphatic rings. The van der Waals surface area contributed by atoms with Crippen molar-refractivity contribution in [2.75, 3.05) is 7.05 Å². The van der Waals surface area contributed by atoms with Crippen LogP contribution in [0.5, 0.6) is 0 Å². The van der Waals surface area contributed by atoms with Crippen molar-refractivity contribution in [3.05, 3.63) is 53.6 Å². The Kier molecular flexibility index (Phi) is 4.89. The van der Waals surface area contributed by atoms with E-state index in [1.807, 2.05) is 20.0 Å². The quantitative estimate of drug-likeness (QED) is 0.701. The number of benzene rings is 1. The molecule has 0 saturated carbocycles. The summed E-state index contributed by atoms with van der Waals surface area (Å²) >= 11 is 15.0. The second-order valence-electron chi connectivity index (χ2n) is 4.00. The maximum absolute atomic E-state index is 6.20. The Morgan fingerprint density at radius 3 is 2.50 bits per heavy atom. The molecule has 0 amide bonds. The first kappa shape index (κ1) is 14.5. The average Bonchev–Trinajstić information content (AvgIpc) is 2.65. The summed E-state index contributed by atoms with van der Waals surface area (Å²) in [6, 6.07) is 8.49. The lowest BCUT2D eigenvalue weighted by atomic mass is 10.0. The Morgan fingerprint density at radius 1 is 1.28 bits per heavy atom. The van der Waals surface area contributed by atoms with Crippen molar-refractivity contribution < 1.29 is 0 Å². The molecule has 0 spiro atoms. The molecule has 96 valence electrons. The largest absolute Gasteiger partial charge is 0.309 e. The number of hydrogen-bond donors (Lipinski definition) is 1. The maximum atomic E-state index is 6.20. The van der Waals surface area contributed by atoms with Crippen molar-refractivity contribution in [2.24, 2.45) is 0 Å². The molecule has 0 fully saturated rings. The predicted molar refractivity (Wildman–Crippen MR) is 86.8 cm³/mol. The lowest BCUT2D eigenvalue weighted by molar-refractivity contribution is 0.703. The molecule has 0 saturated heterocycles. The SMILES string of the molecule is CNC(c1ccc(C)c(Cl)c1)c1cc(Br)c(Br)s1. The number of aryl methyl sites for hydroxylation is 1. The second kappa shape index (κ2) is 6.06. The molecule has 5 heteroatoms. The molecule has 1 aromatic heterocycles. The standard InChI is InChI=1S/C13H12Br2ClNS/c1-7-3-4-8(5-10(7)16)12(17-2)11-6-9(14)13(15)18-11/h3-6,12,17H,1-2H3. The smallest absolute Gasteiger partial charge is 0.0843 e. The maximum Gasteiger partial charge on any atom is 0.0843 e. The van der Waals surface area contributed by atoms with Crippen LogP contribution in [0, 0.1) is 6.92 Å². The van der Waals surface area contributed by atoms with Crippen LogP contribution in [-0.2, 0) is 0 Å². The Bertz CT molecular complexity index is 549. The molecule has 0 aliphatic heterocycles. The number of hydrogen-bond acceptors (Lipinski definition) is 2. The van der Waals surface area contributed by atoms with Crippen LogP contribution in [0.25, 0.3) is 0 Å². The lowest BCUT2D eigenvalue weighted by Crippen LogP contribution is -2.16. The molecule has 1 aromatic carbocycles. The molecule has 2 aromatic rings. The molecule has 0 bridgehead atoms. The summed E-state index contributed by atoms with van der Waals surface area (Å²) in [5, 5.41) is 4.14. The Morgan fingerprint density at radius 2 is 2.00 bits per heavy atom. The minimum absolute atomic E-state index is 0.163. The van der Waals surface area contributed by atoms with E-state index in [2.05, 4.69) is 55.4 Å². The van der Waals surface area contributed by atoms with Gasteiger partial charge in [-0.2, -0.15) is 0 Å². The molecule has 0 radical (unpaired) electrons. The van der Waals surface area contributed by atoms with Crippen LogP contribution in [0.3, 0.4) is 0 Å². The van der Waals surface area contributed by atoms with E-state index in [9.17, 15) is 0 Å². The van der Waals surface area contributed by atoms with Crippen LogP contribution >= 0.6 is 54.8 Å². The van der Waals surface area contributed by atoms with Gasteiger partial charge in [-0.3, -0.25) is 0 Å². The van der Waals surface area contributed by atoms with Gasteiger partial charge >= 0.3 is 0 Å². The fourth-order valence-electron chi connectivity index (χ4n) is 1.77. The van der Waals surface area contributed by atoms with Gasteiger partial charge in [0.05, 0.1) is 9.83 Å². The first-order chi connectivity index (χ1) is 8.52. The lowest BCUT2D eigenvalue weighted by Gasteiger charge is -2.15. The molecule has 2 rings (SSSR count). The number of rotatable bonds is 3. The van der Waals surface area contributed by atoms with Crippen LogP contribution in [0.2, 0.25) is 5.02 Å². The van der Waals surface area contributed by atoms with E-state index in [1.54, 1.807) is 11.3 Å². The van der Waals surface area contributed by atoms with Gasteiger partial charge in [-0.05, 0) is 69.1 Å². The molecule has 1 nitrogen and oxygen atoms in total. The van der Waals surface area contributed by atoms with Crippen molar-refractivity contribution in [3.63, 3.8) is 0 Å². The normalized spacial score (nSPS) is 12.7. The van der Waals surface area contributed by atoms with Crippen molar-refractivity contribution in [2.45, 2.75) is 13.0 Å². The van der Waals surface area contributed by atoms with E-state index in [0.717, 1.165) is 18.8 Å². The molecule has 1 N–H and O–H groups in total. The number of halogens is 3. The fraction of sp³-hybridized carbons (Fsp3) is 0.231. The first-order valence-corrected chi connectivity index (χ1v) is 8.19. The van der Waals surface area contributed by atoms with Crippen molar-refractivity contribution in [1.82, 2.24) is 5.32 Å². The molecule has 1 atom stereocenters. The molecule has 1 heterocycles. The van der Waals surface area contributed by atoms with Gasteiger partial charge < -0.3 is 5.32 Å². The van der Waals surface area contributed by atoms with E-state index < -0.39 is 0 Å². The van der Waals surface area contributed by atoms with E-state index >= 15 is 0 Å². The van der Waals surface area contributed by atoms with Gasteiger partial charge in [0, 0.05) is 14.4 Å². The topological polar surface area (TPSA) is 12.0 Å². The van der Waals surface area contributed by atoms with Gasteiger partial charge in [-0.1, -0.05) is 23.7 Å². The fourth-order valence-corrected chi connectivity index (χ4v) is 4.18. The summed E-state index contributed by atoms with van der Waals surface area (Å²) in [5.74, 6) is 0. The van der Waals surface area contributed by atoms with Gasteiger partial charge in [0.25, 0.3) is 0 Å². The van der Waals surface area contributed by atoms with Crippen LogP contribution in [-0.4, -0.2) is 7.05 Å². The highest BCUT2D eigenvalue weighted by Crippen LogP contribution is 2.38. The summed E-state index contributed by atoms with van der Waals surface area (Å²) in [4.78, 5) is 1.25. The third kappa shape index (κ3) is 2.99. The van der Waals surface area contributed by atoms with Gasteiger partial charge in [0.2, 0.25) is 0 Å². The van der Waals surface area contributed by atoms with E-state index in [1.165, 1.54) is 10.4 Å². The van der Waals surface area contributed by atoms with Crippen molar-refractivity contribution in [3.8, 4) is 0 Å². The second-order valence-corrected chi connectivity index (χ2v) is 7.66. The Hall–Kier alpha value is 0.130. The van der Waals surface area contributed by atoms with Crippen molar-refractivity contribution >= 4 is 54.8 Å². The third-order valence-corrected chi connectivity index (χ3v) is 6.49. The van der Waals surface area contributed by atoms with Crippen molar-refractivity contribution in [1.29, 1.82) is 0 Å². The summed E-state index contributed by atoms with van der Waals surface area (Å²) in [5.41, 5.74) is 2.28. The zero-order valence-corrected chi connectivity index (χ0v) is 14.7. The predicted octanol–water partition coefficient (Wildman–Crippen LogP) is 5.54. The van der Waals surface area contributed by atoms with Gasteiger partial charge in [-0.25, -0.2) is 0 Å². The van der Waals surface area contributed by atoms with Gasteiger partial charge in [-0.15, -0.1) is 11.3 Å². The summed E-state index contributed by atoms with van der Waals surface area (Å²) in [6.45, 7) is 2.01. The average molecular weight is 410 g/mol. The molecular weight excluding hydrogens is 397 g/mol. The number of thiophene rings is 1. The molecule has 1 unspecified atom stereocenters. The van der Waals surface area contributed by atoms with E-state index in [0.29, 0.717) is 0 Å². The van der Waals surface area contributed by atoms with Gasteiger partial charge in [0.15, 0.2) is 0 Å². The zero-order chi connectivity index (χ0) is 13.3. The first-order valence-electron chi connectivity index (χ1n) is 5.41. The minimum Gasteiger partial charge on any atom is -0.309 e. The minimum atomic E-state index is 0.163. The molecule has 18 heavy (non-hydrogen) atoms. The van der Waals surface area contributed by atoms with Crippen LogP contribution in [0.4, 0.5) is 0 Å². The van der Waals surface area contributed by atoms with E-state index in [-0.39, 0.29) is 6.04 Å². The number of nitrogens with one attached hydrogen (secondary N) is 1. The summed E-state index contributed by atoms with van der Waals surface area (Å²) in [7, 11) is 1.96. The van der Waals surface area contributed by atoms with Crippen LogP contribution in [0.15, 0.2) is 32.5 Å². The monoisotopic (exact) mass is 407 g/mol. The highest BCUT2D eigenvalue weighted by atomic mass is 79.9. The third-order valence-electron chi connectivity index (χ3n) is 2.77. The van der Waals surface area contributed by atoms with E-state index in [4.69, 9.17) is 11.6 Å².